The van der Waals surface area contributed by atoms with Crippen molar-refractivity contribution >= 4 is 29.0 Å². The number of benzene rings is 1. The zero-order valence-corrected chi connectivity index (χ0v) is 14.2. The monoisotopic (exact) mass is 325 g/mol. The number of anilines is 2. The van der Waals surface area contributed by atoms with Crippen molar-refractivity contribution in [3.05, 3.63) is 18.2 Å². The fraction of sp³-hybridized carbons (Fsp3) is 0.562. The number of unbranched alkanes of at least 4 members (excludes halogenated alkanes) is 1. The molecule has 1 atom stereocenters. The molecule has 1 amide bonds. The van der Waals surface area contributed by atoms with Crippen LogP contribution in [0.15, 0.2) is 18.2 Å². The summed E-state index contributed by atoms with van der Waals surface area (Å²) in [4.78, 5) is 12.4. The van der Waals surface area contributed by atoms with Crippen LogP contribution in [0, 0.1) is 0 Å². The topological polar surface area (TPSA) is 87.4 Å². The summed E-state index contributed by atoms with van der Waals surface area (Å²) in [6.07, 6.45) is 2.94. The minimum absolute atomic E-state index is 0.0231. The summed E-state index contributed by atoms with van der Waals surface area (Å²) in [5.74, 6) is 1.97. The SMILES string of the molecule is CCCCN[C@@H](CCSCC)C(=O)Nc1ccc(O)c(N)c1. The van der Waals surface area contributed by atoms with Crippen molar-refractivity contribution in [2.24, 2.45) is 0 Å². The molecule has 6 heteroatoms. The predicted molar refractivity (Wildman–Crippen MR) is 95.5 cm³/mol. The predicted octanol–water partition coefficient (Wildman–Crippen LogP) is 2.81. The summed E-state index contributed by atoms with van der Waals surface area (Å²) in [7, 11) is 0. The normalized spacial score (nSPS) is 12.1. The fourth-order valence-corrected chi connectivity index (χ4v) is 2.68. The van der Waals surface area contributed by atoms with Crippen molar-refractivity contribution in [2.75, 3.05) is 29.1 Å². The molecular formula is C16H27N3O2S. The molecule has 1 rings (SSSR count). The van der Waals surface area contributed by atoms with Gasteiger partial charge in [-0.3, -0.25) is 4.79 Å². The van der Waals surface area contributed by atoms with Gasteiger partial charge in [0.15, 0.2) is 0 Å². The van der Waals surface area contributed by atoms with Gasteiger partial charge in [0.1, 0.15) is 5.75 Å². The summed E-state index contributed by atoms with van der Waals surface area (Å²) in [6.45, 7) is 5.08. The van der Waals surface area contributed by atoms with Crippen molar-refractivity contribution in [1.82, 2.24) is 5.32 Å². The van der Waals surface area contributed by atoms with Gasteiger partial charge in [0.2, 0.25) is 5.91 Å². The third kappa shape index (κ3) is 6.58. The Morgan fingerprint density at radius 1 is 1.41 bits per heavy atom. The van der Waals surface area contributed by atoms with Gasteiger partial charge in [-0.1, -0.05) is 20.3 Å². The van der Waals surface area contributed by atoms with Crippen LogP contribution >= 0.6 is 11.8 Å². The molecule has 0 aliphatic rings. The first kappa shape index (κ1) is 18.6. The first-order valence-corrected chi connectivity index (χ1v) is 8.94. The number of nitrogens with one attached hydrogen (secondary N) is 2. The second kappa shape index (κ2) is 10.3. The quantitative estimate of drug-likeness (QED) is 0.230. The second-order valence-electron chi connectivity index (χ2n) is 5.11. The van der Waals surface area contributed by atoms with Gasteiger partial charge in [0.25, 0.3) is 0 Å². The van der Waals surface area contributed by atoms with Gasteiger partial charge in [-0.25, -0.2) is 0 Å². The summed E-state index contributed by atoms with van der Waals surface area (Å²) in [6, 6.07) is 4.49. The molecule has 5 nitrogen and oxygen atoms in total. The molecule has 124 valence electrons. The standard InChI is InChI=1S/C16H27N3O2S/c1-3-5-9-18-14(8-10-22-4-2)16(21)19-12-6-7-15(20)13(17)11-12/h6-7,11,14,18,20H,3-5,8-10,17H2,1-2H3,(H,19,21)/t14-/m0/s1. The van der Waals surface area contributed by atoms with Crippen molar-refractivity contribution in [3.8, 4) is 5.75 Å². The number of phenolic OH excluding ortho intramolecular Hbond substituents is 1. The number of hydrogen-bond acceptors (Lipinski definition) is 5. The Morgan fingerprint density at radius 2 is 2.18 bits per heavy atom. The Kier molecular flexibility index (Phi) is 8.77. The third-order valence-corrected chi connectivity index (χ3v) is 4.22. The van der Waals surface area contributed by atoms with E-state index >= 15 is 0 Å². The maximum absolute atomic E-state index is 12.4. The maximum atomic E-state index is 12.4. The number of aromatic hydroxyl groups is 1. The lowest BCUT2D eigenvalue weighted by Crippen LogP contribution is -2.41. The van der Waals surface area contributed by atoms with Gasteiger partial charge < -0.3 is 21.5 Å². The number of rotatable bonds is 10. The number of nitrogen functional groups attached to an aromatic ring is 1. The highest BCUT2D eigenvalue weighted by atomic mass is 32.2. The van der Waals surface area contributed by atoms with Gasteiger partial charge in [0.05, 0.1) is 11.7 Å². The Bertz CT molecular complexity index is 459. The van der Waals surface area contributed by atoms with E-state index in [-0.39, 0.29) is 23.4 Å². The van der Waals surface area contributed by atoms with Gasteiger partial charge in [0, 0.05) is 5.69 Å². The average Bonchev–Trinajstić information content (AvgIpc) is 2.49. The highest BCUT2D eigenvalue weighted by Gasteiger charge is 2.17. The Labute approximate surface area is 137 Å². The molecule has 1 aromatic carbocycles. The highest BCUT2D eigenvalue weighted by molar-refractivity contribution is 7.99. The van der Waals surface area contributed by atoms with E-state index in [0.29, 0.717) is 5.69 Å². The maximum Gasteiger partial charge on any atom is 0.241 e. The van der Waals surface area contributed by atoms with Crippen LogP contribution in [0.2, 0.25) is 0 Å². The van der Waals surface area contributed by atoms with E-state index in [1.165, 1.54) is 6.07 Å². The largest absolute Gasteiger partial charge is 0.506 e. The van der Waals surface area contributed by atoms with Crippen molar-refractivity contribution in [1.29, 1.82) is 0 Å². The lowest BCUT2D eigenvalue weighted by Gasteiger charge is -2.18. The van der Waals surface area contributed by atoms with E-state index in [1.807, 2.05) is 11.8 Å². The molecule has 0 radical (unpaired) electrons. The second-order valence-corrected chi connectivity index (χ2v) is 6.50. The summed E-state index contributed by atoms with van der Waals surface area (Å²) < 4.78 is 0. The number of thioether (sulfide) groups is 1. The molecule has 0 bridgehead atoms. The highest BCUT2D eigenvalue weighted by Crippen LogP contribution is 2.23. The number of hydrogen-bond donors (Lipinski definition) is 4. The number of nitrogens with two attached hydrogens (primary N) is 1. The van der Waals surface area contributed by atoms with Gasteiger partial charge >= 0.3 is 0 Å². The number of carbonyl (C=O) groups is 1. The zero-order valence-electron chi connectivity index (χ0n) is 13.4. The molecule has 22 heavy (non-hydrogen) atoms. The lowest BCUT2D eigenvalue weighted by molar-refractivity contribution is -0.118. The van der Waals surface area contributed by atoms with E-state index in [9.17, 15) is 9.90 Å². The number of carbonyl (C=O) groups excluding carboxylic acids is 1. The molecule has 0 aliphatic heterocycles. The minimum atomic E-state index is -0.208. The smallest absolute Gasteiger partial charge is 0.241 e. The van der Waals surface area contributed by atoms with E-state index in [2.05, 4.69) is 24.5 Å². The van der Waals surface area contributed by atoms with Crippen LogP contribution in [-0.4, -0.2) is 35.1 Å². The molecule has 0 saturated carbocycles. The summed E-state index contributed by atoms with van der Waals surface area (Å²) >= 11 is 1.83. The van der Waals surface area contributed by atoms with Gasteiger partial charge in [-0.15, -0.1) is 0 Å². The van der Waals surface area contributed by atoms with Crippen molar-refractivity contribution in [3.63, 3.8) is 0 Å². The van der Waals surface area contributed by atoms with E-state index < -0.39 is 0 Å². The number of phenols is 1. The van der Waals surface area contributed by atoms with E-state index in [4.69, 9.17) is 5.73 Å². The lowest BCUT2D eigenvalue weighted by atomic mass is 10.2. The van der Waals surface area contributed by atoms with Crippen LogP contribution in [0.5, 0.6) is 5.75 Å². The Balaban J connectivity index is 2.61. The molecule has 0 aliphatic carbocycles. The van der Waals surface area contributed by atoms with Crippen molar-refractivity contribution < 1.29 is 9.90 Å². The first-order valence-electron chi connectivity index (χ1n) is 7.79. The van der Waals surface area contributed by atoms with Gasteiger partial charge in [-0.2, -0.15) is 11.8 Å². The number of amides is 1. The fourth-order valence-electron chi connectivity index (χ4n) is 1.99. The zero-order chi connectivity index (χ0) is 16.4. The van der Waals surface area contributed by atoms with Crippen LogP contribution in [-0.2, 0) is 4.79 Å². The molecular weight excluding hydrogens is 298 g/mol. The van der Waals surface area contributed by atoms with Crippen molar-refractivity contribution in [2.45, 2.75) is 39.2 Å². The molecule has 0 saturated heterocycles. The average molecular weight is 325 g/mol. The van der Waals surface area contributed by atoms with Gasteiger partial charge in [-0.05, 0) is 49.1 Å². The Hall–Kier alpha value is -1.40. The molecule has 0 heterocycles. The molecule has 0 unspecified atom stereocenters. The van der Waals surface area contributed by atoms with E-state index in [0.717, 1.165) is 37.3 Å². The van der Waals surface area contributed by atoms with Crippen LogP contribution < -0.4 is 16.4 Å². The molecule has 0 spiro atoms. The molecule has 0 aromatic heterocycles. The van der Waals surface area contributed by atoms with E-state index in [1.54, 1.807) is 12.1 Å². The van der Waals surface area contributed by atoms with Crippen LogP contribution in [0.1, 0.15) is 33.1 Å². The Morgan fingerprint density at radius 3 is 2.82 bits per heavy atom. The minimum Gasteiger partial charge on any atom is -0.506 e. The van der Waals surface area contributed by atoms with Crippen LogP contribution in [0.3, 0.4) is 0 Å². The molecule has 1 aromatic rings. The molecule has 0 fully saturated rings. The molecule has 5 N–H and O–H groups in total. The first-order chi connectivity index (χ1) is 10.6. The third-order valence-electron chi connectivity index (χ3n) is 3.29. The summed E-state index contributed by atoms with van der Waals surface area (Å²) in [5.41, 5.74) is 6.51. The van der Waals surface area contributed by atoms with Crippen LogP contribution in [0.4, 0.5) is 11.4 Å². The summed E-state index contributed by atoms with van der Waals surface area (Å²) in [5, 5.41) is 15.6. The van der Waals surface area contributed by atoms with Crippen LogP contribution in [0.25, 0.3) is 0 Å².